The van der Waals surface area contributed by atoms with Gasteiger partial charge in [-0.1, -0.05) is 113 Å². The van der Waals surface area contributed by atoms with E-state index in [1.54, 1.807) is 6.08 Å². The lowest BCUT2D eigenvalue weighted by Gasteiger charge is -2.25. The average molecular weight is 696 g/mol. The maximum absolute atomic E-state index is 12.8. The van der Waals surface area contributed by atoms with Crippen molar-refractivity contribution >= 4 is 13.7 Å². The second-order valence-electron chi connectivity index (χ2n) is 13.6. The zero-order valence-corrected chi connectivity index (χ0v) is 32.1. The summed E-state index contributed by atoms with van der Waals surface area (Å²) >= 11 is 0. The Morgan fingerprint density at radius 3 is 1.85 bits per heavy atom. The molecule has 0 spiro atoms. The number of phosphoric ester groups is 1. The number of carbonyl (C=O) groups is 1. The monoisotopic (exact) mass is 696 g/mol. The van der Waals surface area contributed by atoms with E-state index in [0.29, 0.717) is 17.4 Å². The van der Waals surface area contributed by atoms with Crippen molar-refractivity contribution in [2.24, 2.45) is 0 Å². The fourth-order valence-electron chi connectivity index (χ4n) is 4.64. The highest BCUT2D eigenvalue weighted by atomic mass is 31.2. The number of hydrogen-bond acceptors (Lipinski definition) is 5. The smallest absolute Gasteiger partial charge is 0.387 e. The first kappa shape index (κ1) is 46.2. The maximum atomic E-state index is 12.8. The van der Waals surface area contributed by atoms with Crippen molar-refractivity contribution in [1.82, 2.24) is 5.32 Å². The summed E-state index contributed by atoms with van der Waals surface area (Å²) in [6, 6.07) is -0.875. The number of nitrogens with zero attached hydrogens (tertiary/aromatic N) is 1. The second kappa shape index (κ2) is 31.2. The van der Waals surface area contributed by atoms with Crippen LogP contribution in [-0.2, 0) is 18.4 Å². The molecule has 0 heterocycles. The summed E-state index contributed by atoms with van der Waals surface area (Å²) in [5, 5.41) is 13.7. The molecule has 0 bridgehead atoms. The first-order valence-corrected chi connectivity index (χ1v) is 20.2. The van der Waals surface area contributed by atoms with Gasteiger partial charge in [0, 0.05) is 6.42 Å². The lowest BCUT2D eigenvalue weighted by Crippen LogP contribution is -2.45. The minimum absolute atomic E-state index is 0.0477. The highest BCUT2D eigenvalue weighted by Gasteiger charge is 2.27. The number of unbranched alkanes of at least 4 members (excludes halogenated alkanes) is 11. The third-order valence-corrected chi connectivity index (χ3v) is 8.65. The Labute approximate surface area is 294 Å². The lowest BCUT2D eigenvalue weighted by atomic mass is 10.1. The Kier molecular flexibility index (Phi) is 30.0. The van der Waals surface area contributed by atoms with Gasteiger partial charge in [0.2, 0.25) is 5.91 Å². The summed E-state index contributed by atoms with van der Waals surface area (Å²) in [7, 11) is 1.52. The minimum atomic E-state index is -4.34. The first-order valence-electron chi connectivity index (χ1n) is 18.7. The van der Waals surface area contributed by atoms with E-state index in [1.165, 1.54) is 32.1 Å². The van der Waals surface area contributed by atoms with E-state index in [1.807, 2.05) is 27.2 Å². The molecule has 0 aromatic heterocycles. The number of phosphoric acid groups is 1. The number of quaternary nitrogens is 1. The minimum Gasteiger partial charge on any atom is -0.387 e. The van der Waals surface area contributed by atoms with Crippen LogP contribution in [0.15, 0.2) is 60.8 Å². The Morgan fingerprint density at radius 1 is 0.708 bits per heavy atom. The average Bonchev–Trinajstić information content (AvgIpc) is 3.02. The van der Waals surface area contributed by atoms with Crippen LogP contribution in [0.1, 0.15) is 129 Å². The van der Waals surface area contributed by atoms with Crippen molar-refractivity contribution in [3.8, 4) is 0 Å². The Balaban J connectivity index is 4.63. The largest absolute Gasteiger partial charge is 0.472 e. The summed E-state index contributed by atoms with van der Waals surface area (Å²) in [5.41, 5.74) is 0. The van der Waals surface area contributed by atoms with Crippen LogP contribution in [0.2, 0.25) is 0 Å². The van der Waals surface area contributed by atoms with E-state index in [9.17, 15) is 19.4 Å². The fraction of sp³-hybridized carbons (Fsp3) is 0.718. The molecule has 3 atom stereocenters. The standard InChI is InChI=1S/C39H71N2O6P/c1-6-8-10-12-14-16-18-19-20-21-23-25-27-29-31-33-39(43)40-37(36-47-48(44,45)46-35-34-41(3,4)5)38(42)32-30-28-26-24-22-17-15-13-11-9-7-2/h11,13-14,16,19-20,22,24,30,32,37-38,42H,6-10,12,15,17-18,21,23,25-29,31,33-36H2,1-5H3,(H-,40,43,44,45)/p+1/b13-11+,16-14-,20-19-,24-22+,32-30+. The summed E-state index contributed by atoms with van der Waals surface area (Å²) in [6.07, 6.45) is 38.6. The van der Waals surface area contributed by atoms with Gasteiger partial charge in [-0.3, -0.25) is 13.8 Å². The molecular weight excluding hydrogens is 623 g/mol. The molecule has 48 heavy (non-hydrogen) atoms. The lowest BCUT2D eigenvalue weighted by molar-refractivity contribution is -0.870. The Morgan fingerprint density at radius 2 is 1.25 bits per heavy atom. The highest BCUT2D eigenvalue weighted by molar-refractivity contribution is 7.47. The van der Waals surface area contributed by atoms with Crippen LogP contribution in [-0.4, -0.2) is 73.4 Å². The number of carbonyl (C=O) groups excluding carboxylic acids is 1. The van der Waals surface area contributed by atoms with Gasteiger partial charge in [-0.15, -0.1) is 0 Å². The van der Waals surface area contributed by atoms with Gasteiger partial charge >= 0.3 is 7.82 Å². The number of aliphatic hydroxyl groups is 1. The van der Waals surface area contributed by atoms with Gasteiger partial charge in [-0.2, -0.15) is 0 Å². The molecule has 0 radical (unpaired) electrons. The Hall–Kier alpha value is -1.80. The predicted molar refractivity (Wildman–Crippen MR) is 203 cm³/mol. The molecular formula is C39H72N2O6P+. The van der Waals surface area contributed by atoms with Gasteiger partial charge in [0.1, 0.15) is 13.2 Å². The molecule has 0 saturated carbocycles. The topological polar surface area (TPSA) is 105 Å². The zero-order valence-electron chi connectivity index (χ0n) is 31.2. The third kappa shape index (κ3) is 32.7. The molecule has 0 aromatic carbocycles. The van der Waals surface area contributed by atoms with Gasteiger partial charge in [-0.05, 0) is 70.6 Å². The molecule has 0 aliphatic rings. The van der Waals surface area contributed by atoms with Crippen molar-refractivity contribution in [2.75, 3.05) is 40.9 Å². The second-order valence-corrected chi connectivity index (χ2v) is 15.0. The van der Waals surface area contributed by atoms with Crippen LogP contribution in [0.4, 0.5) is 0 Å². The van der Waals surface area contributed by atoms with Crippen LogP contribution >= 0.6 is 7.82 Å². The number of aliphatic hydroxyl groups excluding tert-OH is 1. The quantitative estimate of drug-likeness (QED) is 0.0280. The van der Waals surface area contributed by atoms with Gasteiger partial charge in [-0.25, -0.2) is 4.57 Å². The SMILES string of the molecule is CCC/C=C/CC/C=C/CC/C=C/C(O)C(COP(=O)(O)OCC[N+](C)(C)C)NC(=O)CCCCCCC/C=C\C/C=C\CCCCC. The predicted octanol–water partition coefficient (Wildman–Crippen LogP) is 9.51. The molecule has 1 amide bonds. The number of rotatable bonds is 32. The van der Waals surface area contributed by atoms with Gasteiger partial charge < -0.3 is 19.8 Å². The fourth-order valence-corrected chi connectivity index (χ4v) is 5.37. The van der Waals surface area contributed by atoms with Gasteiger partial charge in [0.15, 0.2) is 0 Å². The van der Waals surface area contributed by atoms with Gasteiger partial charge in [0.25, 0.3) is 0 Å². The van der Waals surface area contributed by atoms with Crippen LogP contribution in [0, 0.1) is 0 Å². The van der Waals surface area contributed by atoms with E-state index in [2.05, 4.69) is 67.8 Å². The Bertz CT molecular complexity index is 970. The summed E-state index contributed by atoms with van der Waals surface area (Å²) in [6.45, 7) is 4.63. The van der Waals surface area contributed by atoms with E-state index < -0.39 is 20.0 Å². The van der Waals surface area contributed by atoms with E-state index >= 15 is 0 Å². The number of allylic oxidation sites excluding steroid dienone is 9. The molecule has 0 saturated heterocycles. The van der Waals surface area contributed by atoms with Crippen molar-refractivity contribution in [1.29, 1.82) is 0 Å². The molecule has 3 N–H and O–H groups in total. The van der Waals surface area contributed by atoms with Crippen molar-refractivity contribution in [3.05, 3.63) is 60.8 Å². The van der Waals surface area contributed by atoms with Crippen molar-refractivity contribution < 1.29 is 32.9 Å². The maximum Gasteiger partial charge on any atom is 0.472 e. The molecule has 9 heteroatoms. The van der Waals surface area contributed by atoms with Crippen LogP contribution in [0.25, 0.3) is 0 Å². The summed E-state index contributed by atoms with van der Waals surface area (Å²) in [5.74, 6) is -0.212. The van der Waals surface area contributed by atoms with Crippen LogP contribution < -0.4 is 5.32 Å². The first-order chi connectivity index (χ1) is 23.0. The molecule has 0 aromatic rings. The van der Waals surface area contributed by atoms with Crippen molar-refractivity contribution in [2.45, 2.75) is 142 Å². The zero-order chi connectivity index (χ0) is 35.8. The van der Waals surface area contributed by atoms with E-state index in [4.69, 9.17) is 9.05 Å². The summed E-state index contributed by atoms with van der Waals surface area (Å²) < 4.78 is 23.4. The molecule has 0 rings (SSSR count). The molecule has 3 unspecified atom stereocenters. The molecule has 8 nitrogen and oxygen atoms in total. The van der Waals surface area contributed by atoms with E-state index in [0.717, 1.165) is 77.0 Å². The number of nitrogens with one attached hydrogen (secondary N) is 1. The van der Waals surface area contributed by atoms with Crippen molar-refractivity contribution in [3.63, 3.8) is 0 Å². The van der Waals surface area contributed by atoms with Crippen LogP contribution in [0.5, 0.6) is 0 Å². The number of amides is 1. The highest BCUT2D eigenvalue weighted by Crippen LogP contribution is 2.43. The third-order valence-electron chi connectivity index (χ3n) is 7.67. The van der Waals surface area contributed by atoms with E-state index in [-0.39, 0.29) is 19.1 Å². The molecule has 0 aliphatic heterocycles. The van der Waals surface area contributed by atoms with Crippen LogP contribution in [0.3, 0.4) is 0 Å². The number of hydrogen-bond donors (Lipinski definition) is 3. The molecule has 0 aliphatic carbocycles. The van der Waals surface area contributed by atoms with Gasteiger partial charge in [0.05, 0.1) is 39.9 Å². The normalized spacial score (nSPS) is 15.4. The number of likely N-dealkylation sites (N-methyl/N-ethyl adjacent to an activating group) is 1. The summed E-state index contributed by atoms with van der Waals surface area (Å²) in [4.78, 5) is 22.9. The molecule has 278 valence electrons. The molecule has 0 fully saturated rings.